The molecule has 4 heterocycles. The Morgan fingerprint density at radius 2 is 2.12 bits per heavy atom. The third kappa shape index (κ3) is 2.48. The summed E-state index contributed by atoms with van der Waals surface area (Å²) in [6.45, 7) is 2.98. The van der Waals surface area contributed by atoms with Gasteiger partial charge in [0, 0.05) is 11.6 Å². The maximum Gasteiger partial charge on any atom is 0.259 e. The molecule has 1 aliphatic rings. The Hall–Kier alpha value is -3.06. The first-order valence-corrected chi connectivity index (χ1v) is 8.78. The van der Waals surface area contributed by atoms with Gasteiger partial charge in [-0.25, -0.2) is 9.67 Å². The third-order valence-corrected chi connectivity index (χ3v) is 4.77. The van der Waals surface area contributed by atoms with E-state index in [1.165, 1.54) is 0 Å². The van der Waals surface area contributed by atoms with Crippen molar-refractivity contribution in [1.29, 1.82) is 0 Å². The number of nitrogens with one attached hydrogen (secondary N) is 1. The summed E-state index contributed by atoms with van der Waals surface area (Å²) in [6.07, 6.45) is 3.95. The monoisotopic (exact) mass is 346 g/mol. The number of fused-ring (bicyclic) bond motifs is 1. The highest BCUT2D eigenvalue weighted by Crippen LogP contribution is 2.27. The zero-order valence-electron chi connectivity index (χ0n) is 14.4. The second kappa shape index (κ2) is 6.03. The van der Waals surface area contributed by atoms with Crippen LogP contribution in [-0.4, -0.2) is 31.4 Å². The van der Waals surface area contributed by atoms with Crippen LogP contribution in [0.3, 0.4) is 0 Å². The first-order chi connectivity index (χ1) is 12.8. The van der Waals surface area contributed by atoms with Crippen molar-refractivity contribution in [3.63, 3.8) is 0 Å². The zero-order valence-corrected chi connectivity index (χ0v) is 14.4. The number of nitrogens with zero attached hydrogens (tertiary/aromatic N) is 5. The van der Waals surface area contributed by atoms with E-state index < -0.39 is 0 Å². The lowest BCUT2D eigenvalue weighted by Crippen LogP contribution is -2.14. The molecule has 0 aliphatic carbocycles. The largest absolute Gasteiger partial charge is 0.334 e. The molecule has 1 unspecified atom stereocenters. The summed E-state index contributed by atoms with van der Waals surface area (Å²) in [5, 5.41) is 13.1. The number of rotatable bonds is 3. The molecule has 1 saturated heterocycles. The summed E-state index contributed by atoms with van der Waals surface area (Å²) >= 11 is 0. The van der Waals surface area contributed by atoms with Crippen LogP contribution in [0.1, 0.15) is 30.4 Å². The molecule has 130 valence electrons. The van der Waals surface area contributed by atoms with E-state index in [-0.39, 0.29) is 6.04 Å². The molecule has 1 atom stereocenters. The molecule has 0 amide bonds. The number of aryl methyl sites for hydroxylation is 1. The first kappa shape index (κ1) is 15.2. The van der Waals surface area contributed by atoms with E-state index >= 15 is 0 Å². The Labute approximate surface area is 150 Å². The SMILES string of the molecule is Cc1nn(-c2ccccc2)c2ncc(-c3nc(C4CCCN4)no3)cc12. The van der Waals surface area contributed by atoms with Crippen molar-refractivity contribution in [3.05, 3.63) is 54.1 Å². The molecule has 1 aromatic carbocycles. The quantitative estimate of drug-likeness (QED) is 0.613. The van der Waals surface area contributed by atoms with Gasteiger partial charge >= 0.3 is 0 Å². The molecule has 0 radical (unpaired) electrons. The molecule has 5 rings (SSSR count). The van der Waals surface area contributed by atoms with Gasteiger partial charge in [-0.15, -0.1) is 0 Å². The Bertz CT molecular complexity index is 1060. The summed E-state index contributed by atoms with van der Waals surface area (Å²) in [6, 6.07) is 12.2. The topological polar surface area (TPSA) is 81.7 Å². The lowest BCUT2D eigenvalue weighted by molar-refractivity contribution is 0.412. The average molecular weight is 346 g/mol. The maximum atomic E-state index is 5.48. The van der Waals surface area contributed by atoms with Crippen LogP contribution < -0.4 is 5.32 Å². The van der Waals surface area contributed by atoms with Crippen LogP contribution in [-0.2, 0) is 0 Å². The van der Waals surface area contributed by atoms with E-state index in [0.717, 1.165) is 47.4 Å². The van der Waals surface area contributed by atoms with Gasteiger partial charge in [-0.3, -0.25) is 0 Å². The molecule has 1 N–H and O–H groups in total. The fourth-order valence-corrected chi connectivity index (χ4v) is 3.41. The third-order valence-electron chi connectivity index (χ3n) is 4.77. The molecule has 3 aromatic heterocycles. The number of benzene rings is 1. The van der Waals surface area contributed by atoms with Gasteiger partial charge in [0.1, 0.15) is 0 Å². The highest BCUT2D eigenvalue weighted by Gasteiger charge is 2.22. The van der Waals surface area contributed by atoms with E-state index in [9.17, 15) is 0 Å². The van der Waals surface area contributed by atoms with Gasteiger partial charge in [-0.1, -0.05) is 23.4 Å². The van der Waals surface area contributed by atoms with Gasteiger partial charge in [0.15, 0.2) is 11.5 Å². The average Bonchev–Trinajstić information content (AvgIpc) is 3.42. The summed E-state index contributed by atoms with van der Waals surface area (Å²) in [7, 11) is 0. The predicted molar refractivity (Wildman–Crippen MR) is 96.9 cm³/mol. The van der Waals surface area contributed by atoms with E-state index in [0.29, 0.717) is 11.7 Å². The van der Waals surface area contributed by atoms with Crippen molar-refractivity contribution < 1.29 is 4.52 Å². The minimum Gasteiger partial charge on any atom is -0.334 e. The number of hydrogen-bond acceptors (Lipinski definition) is 6. The van der Waals surface area contributed by atoms with Crippen LogP contribution in [0.4, 0.5) is 0 Å². The van der Waals surface area contributed by atoms with Gasteiger partial charge in [-0.05, 0) is 44.5 Å². The molecule has 7 heteroatoms. The van der Waals surface area contributed by atoms with Gasteiger partial charge in [0.25, 0.3) is 5.89 Å². The molecule has 0 bridgehead atoms. The summed E-state index contributed by atoms with van der Waals surface area (Å²) in [5.41, 5.74) is 3.52. The normalized spacial score (nSPS) is 17.2. The van der Waals surface area contributed by atoms with Crippen LogP contribution in [0.5, 0.6) is 0 Å². The van der Waals surface area contributed by atoms with Gasteiger partial charge in [-0.2, -0.15) is 10.1 Å². The number of pyridine rings is 1. The van der Waals surface area contributed by atoms with Crippen LogP contribution in [0.2, 0.25) is 0 Å². The fraction of sp³-hybridized carbons (Fsp3) is 0.263. The molecule has 7 nitrogen and oxygen atoms in total. The van der Waals surface area contributed by atoms with Gasteiger partial charge in [0.2, 0.25) is 0 Å². The fourth-order valence-electron chi connectivity index (χ4n) is 3.41. The van der Waals surface area contributed by atoms with Gasteiger partial charge in [0.05, 0.1) is 23.0 Å². The second-order valence-corrected chi connectivity index (χ2v) is 6.53. The lowest BCUT2D eigenvalue weighted by atomic mass is 10.2. The molecular weight excluding hydrogens is 328 g/mol. The summed E-state index contributed by atoms with van der Waals surface area (Å²) in [5.74, 6) is 1.21. The number of aromatic nitrogens is 5. The van der Waals surface area contributed by atoms with E-state index in [1.807, 2.05) is 48.0 Å². The Morgan fingerprint density at radius 3 is 2.92 bits per heavy atom. The van der Waals surface area contributed by atoms with E-state index in [4.69, 9.17) is 4.52 Å². The molecule has 26 heavy (non-hydrogen) atoms. The highest BCUT2D eigenvalue weighted by atomic mass is 16.5. The van der Waals surface area contributed by atoms with Crippen LogP contribution in [0.15, 0.2) is 47.1 Å². The minimum atomic E-state index is 0.187. The molecule has 4 aromatic rings. The van der Waals surface area contributed by atoms with Crippen molar-refractivity contribution >= 4 is 11.0 Å². The van der Waals surface area contributed by atoms with Crippen LogP contribution >= 0.6 is 0 Å². The summed E-state index contributed by atoms with van der Waals surface area (Å²) < 4.78 is 7.33. The van der Waals surface area contributed by atoms with Gasteiger partial charge < -0.3 is 9.84 Å². The van der Waals surface area contributed by atoms with Crippen molar-refractivity contribution in [2.45, 2.75) is 25.8 Å². The van der Waals surface area contributed by atoms with Crippen molar-refractivity contribution in [2.75, 3.05) is 6.54 Å². The number of hydrogen-bond donors (Lipinski definition) is 1. The minimum absolute atomic E-state index is 0.187. The maximum absolute atomic E-state index is 5.48. The first-order valence-electron chi connectivity index (χ1n) is 8.78. The van der Waals surface area contributed by atoms with Crippen molar-refractivity contribution in [3.8, 4) is 17.1 Å². The molecule has 1 aliphatic heterocycles. The zero-order chi connectivity index (χ0) is 17.5. The molecule has 0 saturated carbocycles. The van der Waals surface area contributed by atoms with Crippen LogP contribution in [0.25, 0.3) is 28.2 Å². The lowest BCUT2D eigenvalue weighted by Gasteiger charge is -2.02. The molecule has 1 fully saturated rings. The predicted octanol–water partition coefficient (Wildman–Crippen LogP) is 3.20. The van der Waals surface area contributed by atoms with Crippen molar-refractivity contribution in [2.24, 2.45) is 0 Å². The second-order valence-electron chi connectivity index (χ2n) is 6.53. The highest BCUT2D eigenvalue weighted by molar-refractivity contribution is 5.83. The number of para-hydroxylation sites is 1. The Kier molecular flexibility index (Phi) is 3.53. The molecule has 0 spiro atoms. The van der Waals surface area contributed by atoms with Crippen LogP contribution in [0, 0.1) is 6.92 Å². The van der Waals surface area contributed by atoms with Crippen molar-refractivity contribution in [1.82, 2.24) is 30.2 Å². The van der Waals surface area contributed by atoms with E-state index in [1.54, 1.807) is 6.20 Å². The molecular formula is C19H18N6O. The van der Waals surface area contributed by atoms with E-state index in [2.05, 4.69) is 25.5 Å². The Morgan fingerprint density at radius 1 is 1.23 bits per heavy atom. The summed E-state index contributed by atoms with van der Waals surface area (Å²) in [4.78, 5) is 9.17. The smallest absolute Gasteiger partial charge is 0.259 e. The standard InChI is InChI=1S/C19H18N6O/c1-12-15-10-13(19-22-17(24-26-19)16-8-5-9-20-16)11-21-18(15)25(23-12)14-6-3-2-4-7-14/h2-4,6-7,10-11,16,20H,5,8-9H2,1H3. The Balaban J connectivity index is 1.55.